The molecule has 1 aromatic heterocycles. The Labute approximate surface area is 110 Å². The number of nitrogens with zero attached hydrogens (tertiary/aromatic N) is 2. The lowest BCUT2D eigenvalue weighted by molar-refractivity contribution is 0.215. The van der Waals surface area contributed by atoms with E-state index in [1.807, 2.05) is 6.92 Å². The third-order valence-electron chi connectivity index (χ3n) is 2.70. The van der Waals surface area contributed by atoms with Gasteiger partial charge in [-0.25, -0.2) is 4.39 Å². The van der Waals surface area contributed by atoms with Crippen molar-refractivity contribution >= 4 is 11.6 Å². The first-order chi connectivity index (χ1) is 8.63. The lowest BCUT2D eigenvalue weighted by Gasteiger charge is -2.10. The minimum absolute atomic E-state index is 0.00694. The maximum absolute atomic E-state index is 13.8. The highest BCUT2D eigenvalue weighted by atomic mass is 35.5. The SMILES string of the molecule is CCCn1cc(C(O)c2cccc(Cl)c2F)cn1. The average molecular weight is 269 g/mol. The van der Waals surface area contributed by atoms with E-state index in [0.29, 0.717) is 5.56 Å². The molecule has 1 N–H and O–H groups in total. The minimum atomic E-state index is -1.05. The summed E-state index contributed by atoms with van der Waals surface area (Å²) in [5.41, 5.74) is 0.725. The second kappa shape index (κ2) is 5.50. The van der Waals surface area contributed by atoms with E-state index in [9.17, 15) is 9.50 Å². The molecule has 18 heavy (non-hydrogen) atoms. The van der Waals surface area contributed by atoms with E-state index in [2.05, 4.69) is 5.10 Å². The Balaban J connectivity index is 2.29. The summed E-state index contributed by atoms with van der Waals surface area (Å²) < 4.78 is 15.5. The van der Waals surface area contributed by atoms with Crippen LogP contribution in [0.4, 0.5) is 4.39 Å². The summed E-state index contributed by atoms with van der Waals surface area (Å²) in [6.45, 7) is 2.80. The molecule has 0 radical (unpaired) electrons. The van der Waals surface area contributed by atoms with Crippen molar-refractivity contribution in [3.8, 4) is 0 Å². The van der Waals surface area contributed by atoms with Crippen LogP contribution in [0.2, 0.25) is 5.02 Å². The van der Waals surface area contributed by atoms with Gasteiger partial charge >= 0.3 is 0 Å². The van der Waals surface area contributed by atoms with Crippen LogP contribution in [0.25, 0.3) is 0 Å². The average Bonchev–Trinajstić information content (AvgIpc) is 2.81. The van der Waals surface area contributed by atoms with Crippen LogP contribution in [0.15, 0.2) is 30.6 Å². The molecule has 0 fully saturated rings. The van der Waals surface area contributed by atoms with Crippen molar-refractivity contribution < 1.29 is 9.50 Å². The van der Waals surface area contributed by atoms with Gasteiger partial charge in [0.05, 0.1) is 11.2 Å². The first-order valence-electron chi connectivity index (χ1n) is 5.77. The highest BCUT2D eigenvalue weighted by Gasteiger charge is 2.18. The molecule has 0 aliphatic rings. The Kier molecular flexibility index (Phi) is 3.99. The molecule has 96 valence electrons. The first kappa shape index (κ1) is 13.1. The topological polar surface area (TPSA) is 38.0 Å². The van der Waals surface area contributed by atoms with Crippen molar-refractivity contribution in [2.24, 2.45) is 0 Å². The highest BCUT2D eigenvalue weighted by molar-refractivity contribution is 6.30. The zero-order chi connectivity index (χ0) is 13.1. The molecular weight excluding hydrogens is 255 g/mol. The zero-order valence-electron chi connectivity index (χ0n) is 9.98. The summed E-state index contributed by atoms with van der Waals surface area (Å²) in [4.78, 5) is 0. The van der Waals surface area contributed by atoms with Crippen molar-refractivity contribution in [2.45, 2.75) is 26.0 Å². The van der Waals surface area contributed by atoms with Gasteiger partial charge in [0.25, 0.3) is 0 Å². The molecule has 1 heterocycles. The summed E-state index contributed by atoms with van der Waals surface area (Å²) in [6.07, 6.45) is 3.16. The Hall–Kier alpha value is -1.39. The zero-order valence-corrected chi connectivity index (χ0v) is 10.7. The standard InChI is InChI=1S/C13H14ClFN2O/c1-2-6-17-8-9(7-16-17)13(18)10-4-3-5-11(14)12(10)15/h3-5,7-8,13,18H,2,6H2,1H3. The van der Waals surface area contributed by atoms with E-state index in [4.69, 9.17) is 11.6 Å². The lowest BCUT2D eigenvalue weighted by Crippen LogP contribution is -2.02. The van der Waals surface area contributed by atoms with Crippen molar-refractivity contribution in [1.82, 2.24) is 9.78 Å². The monoisotopic (exact) mass is 268 g/mol. The number of benzene rings is 1. The molecule has 0 amide bonds. The van der Waals surface area contributed by atoms with Crippen LogP contribution < -0.4 is 0 Å². The molecule has 2 aromatic rings. The van der Waals surface area contributed by atoms with Gasteiger partial charge in [-0.15, -0.1) is 0 Å². The van der Waals surface area contributed by atoms with E-state index in [0.717, 1.165) is 13.0 Å². The van der Waals surface area contributed by atoms with Crippen molar-refractivity contribution in [3.63, 3.8) is 0 Å². The Morgan fingerprint density at radius 1 is 1.50 bits per heavy atom. The molecule has 0 saturated heterocycles. The van der Waals surface area contributed by atoms with Crippen LogP contribution in [0.3, 0.4) is 0 Å². The summed E-state index contributed by atoms with van der Waals surface area (Å²) in [7, 11) is 0. The summed E-state index contributed by atoms with van der Waals surface area (Å²) in [5.74, 6) is -0.588. The van der Waals surface area contributed by atoms with E-state index >= 15 is 0 Å². The largest absolute Gasteiger partial charge is 0.383 e. The van der Waals surface area contributed by atoms with Crippen LogP contribution in [-0.2, 0) is 6.54 Å². The third-order valence-corrected chi connectivity index (χ3v) is 2.99. The summed E-state index contributed by atoms with van der Waals surface area (Å²) in [5, 5.41) is 14.2. The molecule has 0 saturated carbocycles. The highest BCUT2D eigenvalue weighted by Crippen LogP contribution is 2.27. The van der Waals surface area contributed by atoms with Crippen molar-refractivity contribution in [2.75, 3.05) is 0 Å². The van der Waals surface area contributed by atoms with E-state index in [1.165, 1.54) is 12.1 Å². The lowest BCUT2D eigenvalue weighted by atomic mass is 10.0. The molecule has 1 unspecified atom stereocenters. The number of aryl methyl sites for hydroxylation is 1. The number of hydrogen-bond donors (Lipinski definition) is 1. The maximum atomic E-state index is 13.8. The quantitative estimate of drug-likeness (QED) is 0.925. The summed E-state index contributed by atoms with van der Waals surface area (Å²) >= 11 is 5.69. The number of rotatable bonds is 4. The molecule has 2 rings (SSSR count). The fourth-order valence-electron chi connectivity index (χ4n) is 1.78. The molecule has 0 aliphatic carbocycles. The number of halogens is 2. The van der Waals surface area contributed by atoms with Crippen LogP contribution in [0, 0.1) is 5.82 Å². The van der Waals surface area contributed by atoms with Gasteiger partial charge < -0.3 is 5.11 Å². The van der Waals surface area contributed by atoms with Crippen LogP contribution in [-0.4, -0.2) is 14.9 Å². The van der Waals surface area contributed by atoms with Gasteiger partial charge in [0, 0.05) is 23.9 Å². The van der Waals surface area contributed by atoms with Gasteiger partial charge in [-0.3, -0.25) is 4.68 Å². The predicted octanol–water partition coefficient (Wildman–Crippen LogP) is 3.17. The van der Waals surface area contributed by atoms with Crippen LogP contribution in [0.1, 0.15) is 30.6 Å². The molecule has 5 heteroatoms. The van der Waals surface area contributed by atoms with Crippen LogP contribution in [0.5, 0.6) is 0 Å². The van der Waals surface area contributed by atoms with E-state index in [-0.39, 0.29) is 10.6 Å². The predicted molar refractivity (Wildman–Crippen MR) is 68.0 cm³/mol. The maximum Gasteiger partial charge on any atom is 0.147 e. The number of hydrogen-bond acceptors (Lipinski definition) is 2. The Bertz CT molecular complexity index is 542. The van der Waals surface area contributed by atoms with Gasteiger partial charge in [0.1, 0.15) is 11.9 Å². The Morgan fingerprint density at radius 3 is 3.00 bits per heavy atom. The van der Waals surface area contributed by atoms with Crippen LogP contribution >= 0.6 is 11.6 Å². The fourth-order valence-corrected chi connectivity index (χ4v) is 1.97. The summed E-state index contributed by atoms with van der Waals surface area (Å²) in [6, 6.07) is 4.58. The molecule has 3 nitrogen and oxygen atoms in total. The molecule has 1 aromatic carbocycles. The molecule has 0 spiro atoms. The van der Waals surface area contributed by atoms with Crippen molar-refractivity contribution in [1.29, 1.82) is 0 Å². The van der Waals surface area contributed by atoms with E-state index < -0.39 is 11.9 Å². The second-order valence-electron chi connectivity index (χ2n) is 4.08. The smallest absolute Gasteiger partial charge is 0.147 e. The Morgan fingerprint density at radius 2 is 2.28 bits per heavy atom. The molecular formula is C13H14ClFN2O. The first-order valence-corrected chi connectivity index (χ1v) is 6.15. The number of aliphatic hydroxyl groups excluding tert-OH is 1. The van der Waals surface area contributed by atoms with Gasteiger partial charge in [0.2, 0.25) is 0 Å². The van der Waals surface area contributed by atoms with Gasteiger partial charge in [-0.2, -0.15) is 5.10 Å². The van der Waals surface area contributed by atoms with Gasteiger partial charge in [0.15, 0.2) is 0 Å². The normalized spacial score (nSPS) is 12.7. The number of aromatic nitrogens is 2. The van der Waals surface area contributed by atoms with Crippen molar-refractivity contribution in [3.05, 3.63) is 52.6 Å². The molecule has 0 aliphatic heterocycles. The van der Waals surface area contributed by atoms with Gasteiger partial charge in [-0.05, 0) is 12.5 Å². The number of aliphatic hydroxyl groups is 1. The second-order valence-corrected chi connectivity index (χ2v) is 4.49. The fraction of sp³-hybridized carbons (Fsp3) is 0.308. The van der Waals surface area contributed by atoms with Gasteiger partial charge in [-0.1, -0.05) is 30.7 Å². The third kappa shape index (κ3) is 2.54. The minimum Gasteiger partial charge on any atom is -0.383 e. The molecule has 0 bridgehead atoms. The molecule has 1 atom stereocenters. The van der Waals surface area contributed by atoms with E-state index in [1.54, 1.807) is 23.1 Å².